The minimum atomic E-state index is -1.97. The van der Waals surface area contributed by atoms with Crippen LogP contribution in [0.15, 0.2) is 53.3 Å². The van der Waals surface area contributed by atoms with Crippen LogP contribution in [0.1, 0.15) is 59.7 Å². The standard InChI is InChI=1S/C31H28FN3O6/c1-4-31(39)22-11-25-27-20(13-35(25)28(36)21(22)15-40-29(31)37)26(19-10-16(2)23(32)12-24(19)34-27)17(3)33-30(38)41-14-18-8-6-5-7-9-18/h5-12,17,39H,4,13-15H2,1-3H3,(H,33,38)/t17-,31-/m0/s1. The van der Waals surface area contributed by atoms with Crippen molar-refractivity contribution in [1.82, 2.24) is 14.9 Å². The Bertz CT molecular complexity index is 1800. The Morgan fingerprint density at radius 3 is 2.71 bits per heavy atom. The van der Waals surface area contributed by atoms with Crippen molar-refractivity contribution in [3.8, 4) is 11.4 Å². The number of nitrogens with zero attached hydrogens (tertiary/aromatic N) is 2. The second kappa shape index (κ2) is 9.81. The number of pyridine rings is 2. The Morgan fingerprint density at radius 1 is 1.22 bits per heavy atom. The van der Waals surface area contributed by atoms with E-state index >= 15 is 0 Å². The highest BCUT2D eigenvalue weighted by molar-refractivity contribution is 5.90. The van der Waals surface area contributed by atoms with Crippen molar-refractivity contribution in [3.05, 3.63) is 98.1 Å². The second-order valence-corrected chi connectivity index (χ2v) is 10.5. The molecule has 0 unspecified atom stereocenters. The molecule has 1 amide bonds. The highest BCUT2D eigenvalue weighted by Gasteiger charge is 2.45. The molecule has 0 fully saturated rings. The Morgan fingerprint density at radius 2 is 1.98 bits per heavy atom. The summed E-state index contributed by atoms with van der Waals surface area (Å²) in [4.78, 5) is 43.7. The van der Waals surface area contributed by atoms with Gasteiger partial charge in [-0.15, -0.1) is 0 Å². The van der Waals surface area contributed by atoms with E-state index in [-0.39, 0.29) is 37.3 Å². The summed E-state index contributed by atoms with van der Waals surface area (Å²) < 4.78 is 26.8. The van der Waals surface area contributed by atoms with Crippen molar-refractivity contribution >= 4 is 23.0 Å². The number of nitrogens with one attached hydrogen (secondary N) is 1. The maximum Gasteiger partial charge on any atom is 0.407 e. The fourth-order valence-corrected chi connectivity index (χ4v) is 5.75. The van der Waals surface area contributed by atoms with E-state index in [4.69, 9.17) is 14.5 Å². The first kappa shape index (κ1) is 26.6. The number of carbonyl (C=O) groups excluding carboxylic acids is 2. The van der Waals surface area contributed by atoms with E-state index in [1.165, 1.54) is 10.6 Å². The lowest BCUT2D eigenvalue weighted by molar-refractivity contribution is -0.172. The molecule has 6 rings (SSSR count). The van der Waals surface area contributed by atoms with Crippen LogP contribution >= 0.6 is 0 Å². The van der Waals surface area contributed by atoms with E-state index in [0.717, 1.165) is 5.56 Å². The first-order chi connectivity index (χ1) is 19.6. The largest absolute Gasteiger partial charge is 0.458 e. The van der Waals surface area contributed by atoms with Crippen LogP contribution in [0.25, 0.3) is 22.3 Å². The third-order valence-corrected chi connectivity index (χ3v) is 7.99. The van der Waals surface area contributed by atoms with Gasteiger partial charge in [0.25, 0.3) is 5.56 Å². The predicted octanol–water partition coefficient (Wildman–Crippen LogP) is 4.51. The van der Waals surface area contributed by atoms with Crippen molar-refractivity contribution in [2.45, 2.75) is 58.6 Å². The smallest absolute Gasteiger partial charge is 0.407 e. The summed E-state index contributed by atoms with van der Waals surface area (Å²) in [5.41, 5.74) is 1.76. The number of rotatable bonds is 5. The van der Waals surface area contributed by atoms with Crippen LogP contribution in [0.4, 0.5) is 9.18 Å². The van der Waals surface area contributed by atoms with E-state index in [0.29, 0.717) is 39.0 Å². The van der Waals surface area contributed by atoms with Crippen LogP contribution in [0.3, 0.4) is 0 Å². The van der Waals surface area contributed by atoms with Gasteiger partial charge in [-0.2, -0.15) is 0 Å². The summed E-state index contributed by atoms with van der Waals surface area (Å²) in [7, 11) is 0. The lowest BCUT2D eigenvalue weighted by atomic mass is 9.86. The van der Waals surface area contributed by atoms with Gasteiger partial charge in [0, 0.05) is 22.6 Å². The molecule has 4 aromatic rings. The third-order valence-electron chi connectivity index (χ3n) is 7.99. The monoisotopic (exact) mass is 557 g/mol. The van der Waals surface area contributed by atoms with E-state index in [2.05, 4.69) is 5.32 Å². The molecule has 2 atom stereocenters. The summed E-state index contributed by atoms with van der Waals surface area (Å²) in [6, 6.07) is 13.3. The maximum absolute atomic E-state index is 14.7. The van der Waals surface area contributed by atoms with Gasteiger partial charge in [-0.1, -0.05) is 37.3 Å². The number of hydrogen-bond acceptors (Lipinski definition) is 7. The number of hydrogen-bond donors (Lipinski definition) is 2. The van der Waals surface area contributed by atoms with Gasteiger partial charge in [-0.25, -0.2) is 19.0 Å². The van der Waals surface area contributed by atoms with Crippen molar-refractivity contribution in [2.24, 2.45) is 0 Å². The first-order valence-corrected chi connectivity index (χ1v) is 13.4. The number of benzene rings is 2. The first-order valence-electron chi connectivity index (χ1n) is 13.4. The number of ether oxygens (including phenoxy) is 2. The molecule has 0 spiro atoms. The van der Waals surface area contributed by atoms with E-state index < -0.39 is 35.1 Å². The molecule has 10 heteroatoms. The highest BCUT2D eigenvalue weighted by Crippen LogP contribution is 2.42. The fourth-order valence-electron chi connectivity index (χ4n) is 5.75. The third kappa shape index (κ3) is 4.26. The van der Waals surface area contributed by atoms with Crippen molar-refractivity contribution in [3.63, 3.8) is 0 Å². The Hall–Kier alpha value is -4.57. The van der Waals surface area contributed by atoms with Gasteiger partial charge in [0.05, 0.1) is 35.1 Å². The number of alkyl carbamates (subject to hydrolysis) is 1. The zero-order valence-electron chi connectivity index (χ0n) is 22.8. The number of aromatic nitrogens is 2. The number of carbonyl (C=O) groups is 2. The van der Waals surface area contributed by atoms with Gasteiger partial charge in [-0.3, -0.25) is 4.79 Å². The number of fused-ring (bicyclic) bond motifs is 5. The Kier molecular flexibility index (Phi) is 6.37. The second-order valence-electron chi connectivity index (χ2n) is 10.5. The molecule has 2 aromatic carbocycles. The predicted molar refractivity (Wildman–Crippen MR) is 147 cm³/mol. The van der Waals surface area contributed by atoms with Crippen molar-refractivity contribution < 1.29 is 28.6 Å². The molecule has 0 saturated heterocycles. The minimum Gasteiger partial charge on any atom is -0.458 e. The summed E-state index contributed by atoms with van der Waals surface area (Å²) in [5.74, 6) is -1.26. The summed E-state index contributed by atoms with van der Waals surface area (Å²) >= 11 is 0. The molecular formula is C31H28FN3O6. The van der Waals surface area contributed by atoms with E-state index in [9.17, 15) is 23.9 Å². The van der Waals surface area contributed by atoms with Crippen LogP contribution < -0.4 is 10.9 Å². The van der Waals surface area contributed by atoms with E-state index in [1.807, 2.05) is 30.3 Å². The molecule has 0 bridgehead atoms. The van der Waals surface area contributed by atoms with Crippen LogP contribution in [0, 0.1) is 12.7 Å². The molecule has 210 valence electrons. The number of esters is 1. The summed E-state index contributed by atoms with van der Waals surface area (Å²) in [6.07, 6.45) is -0.618. The Balaban J connectivity index is 1.46. The topological polar surface area (TPSA) is 120 Å². The van der Waals surface area contributed by atoms with Gasteiger partial charge in [-0.05, 0) is 49.1 Å². The average molecular weight is 558 g/mol. The minimum absolute atomic E-state index is 0.0154. The molecule has 2 N–H and O–H groups in total. The lowest BCUT2D eigenvalue weighted by Crippen LogP contribution is -2.44. The number of aliphatic hydroxyl groups is 1. The van der Waals surface area contributed by atoms with Gasteiger partial charge in [0.1, 0.15) is 19.0 Å². The molecule has 2 aliphatic heterocycles. The van der Waals surface area contributed by atoms with Crippen LogP contribution in [-0.2, 0) is 39.6 Å². The Labute approximate surface area is 234 Å². The SMILES string of the molecule is CC[C@@]1(O)C(=O)OCc2c1cc1n(c2=O)Cc2c-1nc1cc(F)c(C)cc1c2[C@H](C)NC(=O)OCc1ccccc1. The summed E-state index contributed by atoms with van der Waals surface area (Å²) in [6.45, 7) is 5.05. The molecule has 0 saturated carbocycles. The van der Waals surface area contributed by atoms with Crippen molar-refractivity contribution in [2.75, 3.05) is 0 Å². The highest BCUT2D eigenvalue weighted by atomic mass is 19.1. The molecular weight excluding hydrogens is 529 g/mol. The number of aryl methyl sites for hydroxylation is 1. The van der Waals surface area contributed by atoms with Gasteiger partial charge >= 0.3 is 12.1 Å². The molecule has 41 heavy (non-hydrogen) atoms. The lowest BCUT2D eigenvalue weighted by Gasteiger charge is -2.31. The zero-order chi connectivity index (χ0) is 29.1. The summed E-state index contributed by atoms with van der Waals surface area (Å²) in [5, 5.41) is 14.7. The van der Waals surface area contributed by atoms with Gasteiger partial charge < -0.3 is 24.5 Å². The van der Waals surface area contributed by atoms with Crippen LogP contribution in [-0.4, -0.2) is 26.7 Å². The molecule has 2 aromatic heterocycles. The van der Waals surface area contributed by atoms with Gasteiger partial charge in [0.2, 0.25) is 0 Å². The quantitative estimate of drug-likeness (QED) is 0.305. The van der Waals surface area contributed by atoms with E-state index in [1.54, 1.807) is 32.9 Å². The van der Waals surface area contributed by atoms with Crippen LogP contribution in [0.5, 0.6) is 0 Å². The molecule has 2 aliphatic rings. The number of cyclic esters (lactones) is 1. The normalized spacial score (nSPS) is 17.8. The average Bonchev–Trinajstić information content (AvgIpc) is 3.32. The molecule has 0 radical (unpaired) electrons. The maximum atomic E-state index is 14.7. The number of halogens is 1. The molecule has 4 heterocycles. The van der Waals surface area contributed by atoms with Crippen LogP contribution in [0.2, 0.25) is 0 Å². The fraction of sp³-hybridized carbons (Fsp3) is 0.290. The molecule has 9 nitrogen and oxygen atoms in total. The zero-order valence-corrected chi connectivity index (χ0v) is 22.8. The number of amides is 1. The molecule has 0 aliphatic carbocycles. The van der Waals surface area contributed by atoms with Crippen molar-refractivity contribution in [1.29, 1.82) is 0 Å². The van der Waals surface area contributed by atoms with Gasteiger partial charge in [0.15, 0.2) is 5.60 Å².